The summed E-state index contributed by atoms with van der Waals surface area (Å²) >= 11 is 5.76. The highest BCUT2D eigenvalue weighted by Crippen LogP contribution is 2.31. The fraction of sp³-hybridized carbons (Fsp3) is 0.167. The number of rotatable bonds is 4. The maximum atomic E-state index is 14.1. The van der Waals surface area contributed by atoms with E-state index in [1.54, 1.807) is 24.3 Å². The van der Waals surface area contributed by atoms with E-state index in [2.05, 4.69) is 10.6 Å². The summed E-state index contributed by atoms with van der Waals surface area (Å²) in [5.74, 6) is -3.10. The lowest BCUT2D eigenvalue weighted by molar-refractivity contribution is -0.133. The van der Waals surface area contributed by atoms with E-state index in [9.17, 15) is 23.2 Å². The number of amides is 4. The highest BCUT2D eigenvalue weighted by atomic mass is 35.5. The third-order valence-corrected chi connectivity index (χ3v) is 4.42. The van der Waals surface area contributed by atoms with Crippen LogP contribution in [0.4, 0.5) is 19.3 Å². The molecule has 140 valence electrons. The number of hydrogen-bond donors (Lipinski definition) is 2. The van der Waals surface area contributed by atoms with E-state index >= 15 is 0 Å². The van der Waals surface area contributed by atoms with Gasteiger partial charge in [-0.3, -0.25) is 14.5 Å². The van der Waals surface area contributed by atoms with Crippen molar-refractivity contribution in [2.24, 2.45) is 0 Å². The molecule has 0 aliphatic carbocycles. The minimum atomic E-state index is -1.82. The number of benzene rings is 2. The summed E-state index contributed by atoms with van der Waals surface area (Å²) in [6.45, 7) is 0.669. The Morgan fingerprint density at radius 3 is 2.52 bits per heavy atom. The molecular weight excluding hydrogens is 380 g/mol. The standard InChI is InChI=1S/C18H14ClF2N3O3/c1-18(13-8-11(20)4-7-14(13)21)16(26)24(17(27)23-18)9-15(25)22-12-5-2-10(19)3-6-12/h2-8H,9H2,1H3,(H,22,25)(H,23,27)/t18-/m0/s1. The summed E-state index contributed by atoms with van der Waals surface area (Å²) in [4.78, 5) is 37.7. The summed E-state index contributed by atoms with van der Waals surface area (Å²) in [5.41, 5.74) is -1.71. The molecule has 0 aromatic heterocycles. The van der Waals surface area contributed by atoms with Crippen molar-refractivity contribution >= 4 is 35.1 Å². The first-order chi connectivity index (χ1) is 12.7. The number of carbonyl (C=O) groups is 3. The molecule has 1 fully saturated rings. The molecule has 0 radical (unpaired) electrons. The maximum absolute atomic E-state index is 14.1. The van der Waals surface area contributed by atoms with Crippen LogP contribution in [0, 0.1) is 11.6 Å². The molecule has 2 N–H and O–H groups in total. The number of imide groups is 1. The van der Waals surface area contributed by atoms with Gasteiger partial charge in [-0.05, 0) is 49.4 Å². The first-order valence-electron chi connectivity index (χ1n) is 7.86. The van der Waals surface area contributed by atoms with Crippen molar-refractivity contribution in [1.82, 2.24) is 10.2 Å². The Bertz CT molecular complexity index is 936. The number of carbonyl (C=O) groups excluding carboxylic acids is 3. The zero-order valence-electron chi connectivity index (χ0n) is 14.1. The number of halogens is 3. The van der Waals surface area contributed by atoms with Crippen LogP contribution in [0.2, 0.25) is 5.02 Å². The Hall–Kier alpha value is -3.00. The smallest absolute Gasteiger partial charge is 0.325 e. The van der Waals surface area contributed by atoms with Crippen LogP contribution in [0.3, 0.4) is 0 Å². The first-order valence-corrected chi connectivity index (χ1v) is 8.23. The van der Waals surface area contributed by atoms with Gasteiger partial charge in [0.2, 0.25) is 5.91 Å². The summed E-state index contributed by atoms with van der Waals surface area (Å²) in [7, 11) is 0. The molecule has 1 heterocycles. The zero-order chi connectivity index (χ0) is 19.8. The first kappa shape index (κ1) is 18.8. The SMILES string of the molecule is C[C@@]1(c2cc(F)ccc2F)NC(=O)N(CC(=O)Nc2ccc(Cl)cc2)C1=O. The van der Waals surface area contributed by atoms with Crippen molar-refractivity contribution in [3.63, 3.8) is 0 Å². The lowest BCUT2D eigenvalue weighted by Crippen LogP contribution is -2.42. The molecule has 1 aliphatic rings. The summed E-state index contributed by atoms with van der Waals surface area (Å²) < 4.78 is 27.6. The van der Waals surface area contributed by atoms with Gasteiger partial charge in [0.15, 0.2) is 0 Å². The second kappa shape index (κ2) is 6.96. The summed E-state index contributed by atoms with van der Waals surface area (Å²) in [5, 5.41) is 5.33. The number of nitrogens with zero attached hydrogens (tertiary/aromatic N) is 1. The highest BCUT2D eigenvalue weighted by molar-refractivity contribution is 6.30. The van der Waals surface area contributed by atoms with Gasteiger partial charge in [-0.15, -0.1) is 0 Å². The quantitative estimate of drug-likeness (QED) is 0.784. The number of hydrogen-bond acceptors (Lipinski definition) is 3. The van der Waals surface area contributed by atoms with Crippen LogP contribution in [0.1, 0.15) is 12.5 Å². The topological polar surface area (TPSA) is 78.5 Å². The van der Waals surface area contributed by atoms with Crippen LogP contribution in [-0.2, 0) is 15.1 Å². The minimum Gasteiger partial charge on any atom is -0.325 e. The van der Waals surface area contributed by atoms with Crippen molar-refractivity contribution in [2.75, 3.05) is 11.9 Å². The summed E-state index contributed by atoms with van der Waals surface area (Å²) in [6.07, 6.45) is 0. The molecule has 27 heavy (non-hydrogen) atoms. The fourth-order valence-electron chi connectivity index (χ4n) is 2.78. The largest absolute Gasteiger partial charge is 0.325 e. The van der Waals surface area contributed by atoms with Crippen LogP contribution in [-0.4, -0.2) is 29.3 Å². The van der Waals surface area contributed by atoms with E-state index in [-0.39, 0.29) is 5.56 Å². The van der Waals surface area contributed by atoms with E-state index < -0.39 is 41.6 Å². The molecule has 2 aromatic rings. The minimum absolute atomic E-state index is 0.318. The van der Waals surface area contributed by atoms with Gasteiger partial charge in [-0.25, -0.2) is 13.6 Å². The van der Waals surface area contributed by atoms with E-state index in [0.29, 0.717) is 15.6 Å². The molecular formula is C18H14ClF2N3O3. The average molecular weight is 394 g/mol. The van der Waals surface area contributed by atoms with Gasteiger partial charge >= 0.3 is 6.03 Å². The van der Waals surface area contributed by atoms with Crippen LogP contribution < -0.4 is 10.6 Å². The Balaban J connectivity index is 1.78. The molecule has 6 nitrogen and oxygen atoms in total. The lowest BCUT2D eigenvalue weighted by atomic mass is 9.91. The Labute approximate surface area is 158 Å². The molecule has 2 aromatic carbocycles. The average Bonchev–Trinajstić information content (AvgIpc) is 2.83. The third kappa shape index (κ3) is 3.61. The van der Waals surface area contributed by atoms with Crippen molar-refractivity contribution in [1.29, 1.82) is 0 Å². The Morgan fingerprint density at radius 1 is 1.19 bits per heavy atom. The predicted molar refractivity (Wildman–Crippen MR) is 94.0 cm³/mol. The van der Waals surface area contributed by atoms with Crippen molar-refractivity contribution in [2.45, 2.75) is 12.5 Å². The van der Waals surface area contributed by atoms with Crippen LogP contribution in [0.5, 0.6) is 0 Å². The predicted octanol–water partition coefficient (Wildman–Crippen LogP) is 3.02. The van der Waals surface area contributed by atoms with Gasteiger partial charge in [0.25, 0.3) is 5.91 Å². The van der Waals surface area contributed by atoms with Gasteiger partial charge in [-0.1, -0.05) is 11.6 Å². The van der Waals surface area contributed by atoms with Gasteiger partial charge in [-0.2, -0.15) is 0 Å². The normalized spacial score (nSPS) is 19.2. The van der Waals surface area contributed by atoms with Crippen molar-refractivity contribution in [3.05, 3.63) is 64.7 Å². The zero-order valence-corrected chi connectivity index (χ0v) is 14.8. The van der Waals surface area contributed by atoms with Crippen LogP contribution in [0.15, 0.2) is 42.5 Å². The second-order valence-electron chi connectivity index (χ2n) is 6.13. The summed E-state index contributed by atoms with van der Waals surface area (Å²) in [6, 6.07) is 7.97. The highest BCUT2D eigenvalue weighted by Gasteiger charge is 2.50. The number of nitrogens with one attached hydrogen (secondary N) is 2. The van der Waals surface area contributed by atoms with Crippen LogP contribution in [0.25, 0.3) is 0 Å². The Morgan fingerprint density at radius 2 is 1.85 bits per heavy atom. The second-order valence-corrected chi connectivity index (χ2v) is 6.56. The monoisotopic (exact) mass is 393 g/mol. The molecule has 3 rings (SSSR count). The molecule has 1 atom stereocenters. The van der Waals surface area contributed by atoms with E-state index in [1.165, 1.54) is 6.92 Å². The molecule has 9 heteroatoms. The maximum Gasteiger partial charge on any atom is 0.325 e. The molecule has 0 bridgehead atoms. The van der Waals surface area contributed by atoms with E-state index in [0.717, 1.165) is 18.2 Å². The Kier molecular flexibility index (Phi) is 4.84. The molecule has 1 saturated heterocycles. The number of anilines is 1. The number of urea groups is 1. The van der Waals surface area contributed by atoms with Crippen molar-refractivity contribution < 1.29 is 23.2 Å². The molecule has 4 amide bonds. The van der Waals surface area contributed by atoms with E-state index in [4.69, 9.17) is 11.6 Å². The van der Waals surface area contributed by atoms with Gasteiger partial charge in [0, 0.05) is 16.3 Å². The molecule has 0 spiro atoms. The van der Waals surface area contributed by atoms with E-state index in [1.807, 2.05) is 0 Å². The molecule has 0 unspecified atom stereocenters. The molecule has 0 saturated carbocycles. The van der Waals surface area contributed by atoms with Crippen molar-refractivity contribution in [3.8, 4) is 0 Å². The fourth-order valence-corrected chi connectivity index (χ4v) is 2.91. The van der Waals surface area contributed by atoms with Crippen LogP contribution >= 0.6 is 11.6 Å². The van der Waals surface area contributed by atoms with Gasteiger partial charge in [0.1, 0.15) is 23.7 Å². The lowest BCUT2D eigenvalue weighted by Gasteiger charge is -2.22. The van der Waals surface area contributed by atoms with Gasteiger partial charge < -0.3 is 10.6 Å². The molecule has 1 aliphatic heterocycles. The van der Waals surface area contributed by atoms with Gasteiger partial charge in [0.05, 0.1) is 0 Å². The third-order valence-electron chi connectivity index (χ3n) is 4.17.